The number of alkyl halides is 1. The fourth-order valence-electron chi connectivity index (χ4n) is 2.34. The van der Waals surface area contributed by atoms with E-state index < -0.39 is 0 Å². The van der Waals surface area contributed by atoms with Crippen LogP contribution in [0.15, 0.2) is 29.6 Å². The average molecular weight is 295 g/mol. The topological polar surface area (TPSA) is 18.5 Å². The first-order chi connectivity index (χ1) is 9.17. The van der Waals surface area contributed by atoms with Gasteiger partial charge in [-0.25, -0.2) is 0 Å². The van der Waals surface area contributed by atoms with Crippen molar-refractivity contribution in [1.82, 2.24) is 0 Å². The molecule has 100 valence electrons. The Labute approximate surface area is 121 Å². The molecular weight excluding hydrogens is 280 g/mol. The lowest BCUT2D eigenvalue weighted by Gasteiger charge is -2.09. The van der Waals surface area contributed by atoms with Crippen molar-refractivity contribution < 1.29 is 9.47 Å². The zero-order valence-electron chi connectivity index (χ0n) is 10.9. The standard InChI is InChI=1S/C15H15ClO2S/c1-9-5-11-6-10(3-4-13(11)18-9)15(16)14-7-12(17-2)8-19-14/h3-4,6-9,15H,5H2,1-2H3. The van der Waals surface area contributed by atoms with Gasteiger partial charge < -0.3 is 9.47 Å². The number of halogens is 1. The molecule has 3 rings (SSSR count). The van der Waals surface area contributed by atoms with E-state index in [9.17, 15) is 0 Å². The van der Waals surface area contributed by atoms with Crippen LogP contribution in [-0.4, -0.2) is 13.2 Å². The van der Waals surface area contributed by atoms with E-state index in [1.54, 1.807) is 18.4 Å². The third-order valence-corrected chi connectivity index (χ3v) is 4.89. The molecule has 1 aliphatic rings. The van der Waals surface area contributed by atoms with Crippen molar-refractivity contribution >= 4 is 22.9 Å². The van der Waals surface area contributed by atoms with E-state index in [-0.39, 0.29) is 11.5 Å². The van der Waals surface area contributed by atoms with Crippen LogP contribution in [-0.2, 0) is 6.42 Å². The molecular formula is C15H15ClO2S. The first-order valence-corrected chi connectivity index (χ1v) is 7.55. The third-order valence-electron chi connectivity index (χ3n) is 3.29. The Hall–Kier alpha value is -1.19. The van der Waals surface area contributed by atoms with Crippen LogP contribution in [0.2, 0.25) is 0 Å². The van der Waals surface area contributed by atoms with E-state index in [4.69, 9.17) is 21.1 Å². The Morgan fingerprint density at radius 1 is 1.42 bits per heavy atom. The van der Waals surface area contributed by atoms with E-state index in [0.29, 0.717) is 0 Å². The van der Waals surface area contributed by atoms with E-state index in [0.717, 1.165) is 28.4 Å². The van der Waals surface area contributed by atoms with Crippen LogP contribution in [0, 0.1) is 0 Å². The minimum absolute atomic E-state index is 0.130. The van der Waals surface area contributed by atoms with Crippen molar-refractivity contribution in [2.24, 2.45) is 0 Å². The van der Waals surface area contributed by atoms with E-state index in [2.05, 4.69) is 13.0 Å². The van der Waals surface area contributed by atoms with Crippen LogP contribution in [0.1, 0.15) is 28.3 Å². The molecule has 4 heteroatoms. The lowest BCUT2D eigenvalue weighted by Crippen LogP contribution is -2.05. The Morgan fingerprint density at radius 3 is 3.00 bits per heavy atom. The van der Waals surface area contributed by atoms with Gasteiger partial charge in [0.1, 0.15) is 17.6 Å². The molecule has 0 spiro atoms. The first kappa shape index (κ1) is 12.8. The summed E-state index contributed by atoms with van der Waals surface area (Å²) in [6.45, 7) is 2.09. The molecule has 2 nitrogen and oxygen atoms in total. The van der Waals surface area contributed by atoms with Crippen LogP contribution >= 0.6 is 22.9 Å². The van der Waals surface area contributed by atoms with Crippen LogP contribution in [0.4, 0.5) is 0 Å². The zero-order valence-corrected chi connectivity index (χ0v) is 12.4. The van der Waals surface area contributed by atoms with E-state index in [1.165, 1.54) is 5.56 Å². The molecule has 0 fully saturated rings. The highest BCUT2D eigenvalue weighted by molar-refractivity contribution is 7.10. The second kappa shape index (κ2) is 5.06. The zero-order chi connectivity index (χ0) is 13.4. The largest absolute Gasteiger partial charge is 0.496 e. The molecule has 0 aliphatic carbocycles. The maximum atomic E-state index is 6.55. The molecule has 0 saturated carbocycles. The lowest BCUT2D eigenvalue weighted by atomic mass is 10.0. The van der Waals surface area contributed by atoms with Crippen molar-refractivity contribution in [1.29, 1.82) is 0 Å². The van der Waals surface area contributed by atoms with Crippen molar-refractivity contribution in [3.63, 3.8) is 0 Å². The van der Waals surface area contributed by atoms with Crippen molar-refractivity contribution in [3.05, 3.63) is 45.6 Å². The number of thiophene rings is 1. The van der Waals surface area contributed by atoms with Crippen LogP contribution < -0.4 is 9.47 Å². The number of rotatable bonds is 3. The Morgan fingerprint density at radius 2 is 2.26 bits per heavy atom. The summed E-state index contributed by atoms with van der Waals surface area (Å²) in [7, 11) is 1.67. The Balaban J connectivity index is 1.88. The number of fused-ring (bicyclic) bond motifs is 1. The summed E-state index contributed by atoms with van der Waals surface area (Å²) in [5, 5.41) is 1.85. The highest BCUT2D eigenvalue weighted by Gasteiger charge is 2.21. The molecule has 0 radical (unpaired) electrons. The number of ether oxygens (including phenoxy) is 2. The predicted octanol–water partition coefficient (Wildman–Crippen LogP) is 4.41. The third kappa shape index (κ3) is 2.45. The van der Waals surface area contributed by atoms with E-state index >= 15 is 0 Å². The van der Waals surface area contributed by atoms with Crippen molar-refractivity contribution in [3.8, 4) is 11.5 Å². The predicted molar refractivity (Wildman–Crippen MR) is 78.8 cm³/mol. The normalized spacial score (nSPS) is 18.8. The minimum Gasteiger partial charge on any atom is -0.496 e. The molecule has 19 heavy (non-hydrogen) atoms. The van der Waals surface area contributed by atoms with Gasteiger partial charge in [0.2, 0.25) is 0 Å². The maximum Gasteiger partial charge on any atom is 0.129 e. The summed E-state index contributed by atoms with van der Waals surface area (Å²) in [5.74, 6) is 1.85. The molecule has 1 aliphatic heterocycles. The number of methoxy groups -OCH3 is 1. The van der Waals surface area contributed by atoms with Gasteiger partial charge in [-0.2, -0.15) is 0 Å². The molecule has 0 N–H and O–H groups in total. The van der Waals surface area contributed by atoms with Crippen molar-refractivity contribution in [2.75, 3.05) is 7.11 Å². The summed E-state index contributed by atoms with van der Waals surface area (Å²) < 4.78 is 10.9. The lowest BCUT2D eigenvalue weighted by molar-refractivity contribution is 0.254. The van der Waals surface area contributed by atoms with Gasteiger partial charge in [-0.05, 0) is 30.2 Å². The summed E-state index contributed by atoms with van der Waals surface area (Å²) in [4.78, 5) is 1.10. The summed E-state index contributed by atoms with van der Waals surface area (Å²) >= 11 is 8.18. The summed E-state index contributed by atoms with van der Waals surface area (Å²) in [6, 6.07) is 8.21. The van der Waals surface area contributed by atoms with E-state index in [1.807, 2.05) is 23.6 Å². The van der Waals surface area contributed by atoms with Gasteiger partial charge in [0, 0.05) is 16.7 Å². The van der Waals surface area contributed by atoms with Crippen LogP contribution in [0.3, 0.4) is 0 Å². The molecule has 2 heterocycles. The van der Waals surface area contributed by atoms with Gasteiger partial charge in [0.25, 0.3) is 0 Å². The molecule has 2 aromatic rings. The van der Waals surface area contributed by atoms with Crippen LogP contribution in [0.5, 0.6) is 11.5 Å². The summed E-state index contributed by atoms with van der Waals surface area (Å²) in [5.41, 5.74) is 2.36. The molecule has 0 saturated heterocycles. The monoisotopic (exact) mass is 294 g/mol. The Bertz CT molecular complexity index is 594. The number of hydrogen-bond acceptors (Lipinski definition) is 3. The SMILES string of the molecule is COc1csc(C(Cl)c2ccc3c(c2)CC(C)O3)c1. The molecule has 2 unspecified atom stereocenters. The summed E-state index contributed by atoms with van der Waals surface area (Å²) in [6.07, 6.45) is 1.22. The quantitative estimate of drug-likeness (QED) is 0.781. The van der Waals surface area contributed by atoms with Gasteiger partial charge in [-0.15, -0.1) is 22.9 Å². The van der Waals surface area contributed by atoms with Gasteiger partial charge in [0.05, 0.1) is 12.5 Å². The van der Waals surface area contributed by atoms with Gasteiger partial charge in [-0.3, -0.25) is 0 Å². The maximum absolute atomic E-state index is 6.55. The van der Waals surface area contributed by atoms with Crippen molar-refractivity contribution in [2.45, 2.75) is 24.8 Å². The minimum atomic E-state index is -0.130. The second-order valence-electron chi connectivity index (χ2n) is 4.75. The second-order valence-corrected chi connectivity index (χ2v) is 6.13. The first-order valence-electron chi connectivity index (χ1n) is 6.23. The van der Waals surface area contributed by atoms with Gasteiger partial charge >= 0.3 is 0 Å². The average Bonchev–Trinajstić information content (AvgIpc) is 3.01. The van der Waals surface area contributed by atoms with Gasteiger partial charge in [0.15, 0.2) is 0 Å². The fourth-order valence-corrected chi connectivity index (χ4v) is 3.55. The molecule has 0 bridgehead atoms. The number of hydrogen-bond donors (Lipinski definition) is 0. The highest BCUT2D eigenvalue weighted by atomic mass is 35.5. The van der Waals surface area contributed by atoms with Gasteiger partial charge in [-0.1, -0.05) is 12.1 Å². The Kier molecular flexibility index (Phi) is 3.42. The molecule has 1 aromatic carbocycles. The smallest absolute Gasteiger partial charge is 0.129 e. The fraction of sp³-hybridized carbons (Fsp3) is 0.333. The molecule has 1 aromatic heterocycles. The molecule has 0 amide bonds. The highest BCUT2D eigenvalue weighted by Crippen LogP contribution is 2.38. The molecule has 2 atom stereocenters. The number of benzene rings is 1. The van der Waals surface area contributed by atoms with Crippen LogP contribution in [0.25, 0.3) is 0 Å².